The molecule has 91 heavy (non-hydrogen) atoms. The zero-order valence-corrected chi connectivity index (χ0v) is 52.0. The van der Waals surface area contributed by atoms with Crippen molar-refractivity contribution in [3.05, 3.63) is 59.7 Å². The molecule has 2 aromatic carbocycles. The molecule has 0 aliphatic heterocycles. The van der Waals surface area contributed by atoms with Crippen LogP contribution in [0.15, 0.2) is 48.5 Å². The van der Waals surface area contributed by atoms with E-state index in [2.05, 4.69) is 16.0 Å². The standard InChI is InChI=1S/C58H92N10O23/c1-63(28-46(75)60-18-20-89-22-24-90-23-21-88-19-16-48(77)68(26-42(71)53(82)55(84)44(73)33-69)27-43(72)54(83)56(85)45(74)34-70)51(80)31-66(4)52(81)32-67(5)57(86)41(15-10-17-59)62-47(76)29-64(2)50(79)30-65(3)49(78)25-61-58(87)91-35-40-38-13-8-6-11-36(38)37-12-7-9-14-39(37)40/h6-9,11-14,40-45,53-56,69-74,82-85H,10,15-35,59H2,1-5H3,(H,60,75)(H,61,87)(H,62,76)/t41?,42-,43-,44+,45+,53+,54+,55+,56+/m0/s1. The fraction of sp³-hybridized carbons (Fsp3) is 0.638. The number of likely N-dealkylation sites (N-methyl/N-ethyl adjacent to an activating group) is 5. The second kappa shape index (κ2) is 40.7. The van der Waals surface area contributed by atoms with Gasteiger partial charge in [0.2, 0.25) is 47.3 Å². The van der Waals surface area contributed by atoms with Gasteiger partial charge in [-0.25, -0.2) is 4.79 Å². The Morgan fingerprint density at radius 1 is 0.516 bits per heavy atom. The maximum Gasteiger partial charge on any atom is 0.407 e. The van der Waals surface area contributed by atoms with E-state index in [1.54, 1.807) is 0 Å². The molecular formula is C58H92N10O23. The van der Waals surface area contributed by atoms with Crippen LogP contribution >= 0.6 is 0 Å². The largest absolute Gasteiger partial charge is 0.449 e. The Bertz CT molecular complexity index is 2570. The van der Waals surface area contributed by atoms with E-state index in [9.17, 15) is 84.0 Å². The molecule has 9 amide bonds. The first-order valence-electron chi connectivity index (χ1n) is 29.4. The summed E-state index contributed by atoms with van der Waals surface area (Å²) in [5, 5.41) is 106. The fourth-order valence-corrected chi connectivity index (χ4v) is 9.10. The molecule has 0 saturated carbocycles. The Morgan fingerprint density at radius 2 is 0.945 bits per heavy atom. The topological polar surface area (TPSA) is 474 Å². The average molecular weight is 1300 g/mol. The zero-order chi connectivity index (χ0) is 67.9. The van der Waals surface area contributed by atoms with Gasteiger partial charge < -0.3 is 121 Å². The Kier molecular flexibility index (Phi) is 35.0. The average Bonchev–Trinajstić information content (AvgIpc) is 1.68. The monoisotopic (exact) mass is 1300 g/mol. The first-order chi connectivity index (χ1) is 43.2. The first-order valence-corrected chi connectivity index (χ1v) is 29.4. The third-order valence-corrected chi connectivity index (χ3v) is 14.6. The number of ether oxygens (including phenoxy) is 4. The highest BCUT2D eigenvalue weighted by molar-refractivity contribution is 5.94. The lowest BCUT2D eigenvalue weighted by atomic mass is 9.98. The van der Waals surface area contributed by atoms with Crippen LogP contribution in [0.25, 0.3) is 11.1 Å². The van der Waals surface area contributed by atoms with Crippen molar-refractivity contribution in [2.75, 3.05) is 160 Å². The number of hydrogen-bond donors (Lipinski definition) is 14. The number of aliphatic hydroxyl groups is 10. The Labute approximate surface area is 527 Å². The van der Waals surface area contributed by atoms with E-state index in [0.29, 0.717) is 6.42 Å². The molecule has 1 unspecified atom stereocenters. The number of rotatable bonds is 43. The van der Waals surface area contributed by atoms with E-state index in [1.807, 2.05) is 48.5 Å². The zero-order valence-electron chi connectivity index (χ0n) is 52.0. The predicted molar refractivity (Wildman–Crippen MR) is 320 cm³/mol. The summed E-state index contributed by atoms with van der Waals surface area (Å²) < 4.78 is 21.7. The van der Waals surface area contributed by atoms with Gasteiger partial charge in [0.05, 0.1) is 92.0 Å². The number of fused-ring (bicyclic) bond motifs is 3. The third kappa shape index (κ3) is 26.2. The van der Waals surface area contributed by atoms with Crippen molar-refractivity contribution in [2.24, 2.45) is 5.73 Å². The molecule has 33 nitrogen and oxygen atoms in total. The minimum Gasteiger partial charge on any atom is -0.449 e. The van der Waals surface area contributed by atoms with Gasteiger partial charge in [0.1, 0.15) is 68.0 Å². The number of nitrogens with zero attached hydrogens (tertiary/aromatic N) is 6. The number of aliphatic hydroxyl groups excluding tert-OH is 10. The number of amides is 9. The van der Waals surface area contributed by atoms with Crippen LogP contribution in [0.2, 0.25) is 0 Å². The van der Waals surface area contributed by atoms with Gasteiger partial charge in [-0.05, 0) is 41.6 Å². The van der Waals surface area contributed by atoms with Gasteiger partial charge in [-0.1, -0.05) is 48.5 Å². The number of hydrogen-bond acceptors (Lipinski definition) is 24. The van der Waals surface area contributed by atoms with Gasteiger partial charge in [0.25, 0.3) is 0 Å². The quantitative estimate of drug-likeness (QED) is 0.0274. The number of nitrogens with one attached hydrogen (secondary N) is 3. The van der Waals surface area contributed by atoms with Crippen LogP contribution in [0.3, 0.4) is 0 Å². The highest BCUT2D eigenvalue weighted by Crippen LogP contribution is 2.44. The smallest absolute Gasteiger partial charge is 0.407 e. The first kappa shape index (κ1) is 78.2. The van der Waals surface area contributed by atoms with Gasteiger partial charge in [-0.3, -0.25) is 38.4 Å². The summed E-state index contributed by atoms with van der Waals surface area (Å²) in [6, 6.07) is 14.5. The van der Waals surface area contributed by atoms with Crippen molar-refractivity contribution < 1.29 is 113 Å². The number of carbonyl (C=O) groups excluding carboxylic acids is 9. The van der Waals surface area contributed by atoms with Crippen molar-refractivity contribution in [1.82, 2.24) is 45.3 Å². The van der Waals surface area contributed by atoms with E-state index >= 15 is 0 Å². The van der Waals surface area contributed by atoms with Crippen LogP contribution in [-0.4, -0.2) is 349 Å². The number of benzene rings is 2. The lowest BCUT2D eigenvalue weighted by Gasteiger charge is -2.33. The second-order valence-electron chi connectivity index (χ2n) is 21.8. The van der Waals surface area contributed by atoms with Crippen LogP contribution in [0.5, 0.6) is 0 Å². The normalized spacial score (nSPS) is 14.8. The number of nitrogens with two attached hydrogens (primary N) is 1. The Hall–Kier alpha value is -7.09. The molecule has 15 N–H and O–H groups in total. The molecule has 1 aliphatic rings. The summed E-state index contributed by atoms with van der Waals surface area (Å²) in [5.74, 6) is -5.38. The highest BCUT2D eigenvalue weighted by Gasteiger charge is 2.36. The molecule has 0 heterocycles. The number of carbonyl (C=O) groups is 9. The van der Waals surface area contributed by atoms with Crippen molar-refractivity contribution >= 4 is 53.4 Å². The molecule has 3 rings (SSSR count). The summed E-state index contributed by atoms with van der Waals surface area (Å²) in [5.41, 5.74) is 9.85. The highest BCUT2D eigenvalue weighted by atomic mass is 16.6. The van der Waals surface area contributed by atoms with E-state index in [0.717, 1.165) is 51.7 Å². The molecule has 0 aromatic heterocycles. The third-order valence-electron chi connectivity index (χ3n) is 14.6. The lowest BCUT2D eigenvalue weighted by Crippen LogP contribution is -2.54. The summed E-state index contributed by atoms with van der Waals surface area (Å²) in [6.07, 6.45) is -16.6. The summed E-state index contributed by atoms with van der Waals surface area (Å²) in [4.78, 5) is 123. The van der Waals surface area contributed by atoms with E-state index < -0.39 is 167 Å². The van der Waals surface area contributed by atoms with Crippen molar-refractivity contribution in [1.29, 1.82) is 0 Å². The molecule has 2 aromatic rings. The minimum atomic E-state index is -2.08. The second-order valence-corrected chi connectivity index (χ2v) is 21.8. The van der Waals surface area contributed by atoms with Gasteiger partial charge in [-0.2, -0.15) is 0 Å². The van der Waals surface area contributed by atoms with Gasteiger partial charge >= 0.3 is 6.09 Å². The van der Waals surface area contributed by atoms with Crippen molar-refractivity contribution in [3.63, 3.8) is 0 Å². The molecule has 33 heteroatoms. The van der Waals surface area contributed by atoms with Crippen LogP contribution in [0.4, 0.5) is 4.79 Å². The lowest BCUT2D eigenvalue weighted by molar-refractivity contribution is -0.149. The van der Waals surface area contributed by atoms with Gasteiger partial charge in [0.15, 0.2) is 0 Å². The molecule has 9 atom stereocenters. The van der Waals surface area contributed by atoms with E-state index in [-0.39, 0.29) is 84.6 Å². The molecule has 1 aliphatic carbocycles. The van der Waals surface area contributed by atoms with Gasteiger partial charge in [-0.15, -0.1) is 0 Å². The summed E-state index contributed by atoms with van der Waals surface area (Å²) in [7, 11) is 6.69. The molecule has 512 valence electrons. The molecular weight excluding hydrogens is 1200 g/mol. The van der Waals surface area contributed by atoms with Crippen LogP contribution in [-0.2, 0) is 57.3 Å². The molecule has 0 radical (unpaired) electrons. The molecule has 0 bridgehead atoms. The number of alkyl carbamates (subject to hydrolysis) is 1. The SMILES string of the molecule is CN(CC(=O)NCCOCCOCCOCCC(=O)N(C[C@H](O)[C@@H](O)[C@H](O)[C@H](O)CO)C[C@H](O)[C@@H](O)[C@H](O)[C@H](O)CO)C(=O)CN(C)C(=O)CN(C)C(=O)C(CCCN)NC(=O)CN(C)C(=O)CN(C)C(=O)CNC(=O)OCC1c2ccccc2-c2ccccc21. The molecule has 0 spiro atoms. The van der Waals surface area contributed by atoms with Gasteiger partial charge in [0, 0.05) is 60.8 Å². The fourth-order valence-electron chi connectivity index (χ4n) is 9.10. The maximum atomic E-state index is 13.6. The Morgan fingerprint density at radius 3 is 1.44 bits per heavy atom. The van der Waals surface area contributed by atoms with Crippen LogP contribution in [0.1, 0.15) is 36.3 Å². The van der Waals surface area contributed by atoms with Crippen molar-refractivity contribution in [3.8, 4) is 11.1 Å². The predicted octanol–water partition coefficient (Wildman–Crippen LogP) is -7.70. The van der Waals surface area contributed by atoms with Crippen molar-refractivity contribution in [2.45, 2.75) is 80.1 Å². The van der Waals surface area contributed by atoms with E-state index in [4.69, 9.17) is 34.9 Å². The maximum absolute atomic E-state index is 13.6. The summed E-state index contributed by atoms with van der Waals surface area (Å²) >= 11 is 0. The summed E-state index contributed by atoms with van der Waals surface area (Å²) in [6.45, 7) is -5.87. The molecule has 0 fully saturated rings. The van der Waals surface area contributed by atoms with E-state index in [1.165, 1.54) is 35.2 Å². The minimum absolute atomic E-state index is 0.00989. The van der Waals surface area contributed by atoms with Crippen LogP contribution < -0.4 is 21.7 Å². The Balaban J connectivity index is 1.31. The molecule has 0 saturated heterocycles. The van der Waals surface area contributed by atoms with Crippen LogP contribution in [0, 0.1) is 0 Å².